The number of carbonyl (C=O) groups excluding carboxylic acids is 3. The number of fused-ring (bicyclic) bond motifs is 1. The molecule has 3 amide bonds. The van der Waals surface area contributed by atoms with E-state index in [2.05, 4.69) is 0 Å². The van der Waals surface area contributed by atoms with E-state index >= 15 is 0 Å². The fourth-order valence-corrected chi connectivity index (χ4v) is 4.65. The third-order valence-electron chi connectivity index (χ3n) is 6.28. The normalized spacial score (nSPS) is 23.8. The number of morpholine rings is 1. The first-order valence-corrected chi connectivity index (χ1v) is 10.7. The lowest BCUT2D eigenvalue weighted by atomic mass is 9.92. The molecule has 160 valence electrons. The van der Waals surface area contributed by atoms with Crippen LogP contribution in [0.3, 0.4) is 0 Å². The van der Waals surface area contributed by atoms with Gasteiger partial charge in [0.25, 0.3) is 0 Å². The number of ether oxygens (including phenoxy) is 1. The number of hydrogen-bond acceptors (Lipinski definition) is 4. The molecule has 0 saturated carbocycles. The Kier molecular flexibility index (Phi) is 6.18. The fourth-order valence-electron chi connectivity index (χ4n) is 4.65. The summed E-state index contributed by atoms with van der Waals surface area (Å²) in [5.41, 5.74) is 2.02. The molecule has 2 fully saturated rings. The fraction of sp³-hybridized carbons (Fsp3) is 0.522. The standard InChI is InChI=1S/C23H29N3O4/c1-17(27)26-10-8-18-5-2-3-7-20(18)21(26)15-22(28)25-9-4-6-19(16-25)23(29)24-11-13-30-14-12-24/h2-3,5,7-8,10,19,21H,4,6,9,11-16H2,1H3. The van der Waals surface area contributed by atoms with Crippen molar-refractivity contribution in [3.63, 3.8) is 0 Å². The molecule has 0 aliphatic carbocycles. The highest BCUT2D eigenvalue weighted by Crippen LogP contribution is 2.34. The topological polar surface area (TPSA) is 70.2 Å². The molecule has 0 spiro atoms. The van der Waals surface area contributed by atoms with Gasteiger partial charge >= 0.3 is 0 Å². The number of piperidine rings is 1. The minimum Gasteiger partial charge on any atom is -0.378 e. The van der Waals surface area contributed by atoms with Crippen LogP contribution in [0, 0.1) is 5.92 Å². The number of rotatable bonds is 3. The first kappa shape index (κ1) is 20.6. The summed E-state index contributed by atoms with van der Waals surface area (Å²) in [4.78, 5) is 43.6. The van der Waals surface area contributed by atoms with Gasteiger partial charge in [-0.25, -0.2) is 0 Å². The van der Waals surface area contributed by atoms with Crippen molar-refractivity contribution >= 4 is 23.8 Å². The molecule has 7 heteroatoms. The highest BCUT2D eigenvalue weighted by atomic mass is 16.5. The molecule has 3 aliphatic rings. The van der Waals surface area contributed by atoms with Crippen molar-refractivity contribution in [2.24, 2.45) is 5.92 Å². The van der Waals surface area contributed by atoms with Crippen LogP contribution in [-0.4, -0.2) is 71.8 Å². The zero-order valence-corrected chi connectivity index (χ0v) is 17.5. The lowest BCUT2D eigenvalue weighted by Gasteiger charge is -2.38. The summed E-state index contributed by atoms with van der Waals surface area (Å²) < 4.78 is 5.34. The molecule has 30 heavy (non-hydrogen) atoms. The second kappa shape index (κ2) is 9.00. The quantitative estimate of drug-likeness (QED) is 0.763. The van der Waals surface area contributed by atoms with Gasteiger partial charge < -0.3 is 19.4 Å². The Balaban J connectivity index is 1.45. The predicted molar refractivity (Wildman–Crippen MR) is 112 cm³/mol. The Bertz CT molecular complexity index is 847. The zero-order valence-electron chi connectivity index (χ0n) is 17.5. The number of likely N-dealkylation sites (tertiary alicyclic amines) is 1. The lowest BCUT2D eigenvalue weighted by molar-refractivity contribution is -0.144. The summed E-state index contributed by atoms with van der Waals surface area (Å²) in [5, 5.41) is 0. The second-order valence-corrected chi connectivity index (χ2v) is 8.21. The molecular weight excluding hydrogens is 382 g/mol. The largest absolute Gasteiger partial charge is 0.378 e. The number of carbonyl (C=O) groups is 3. The van der Waals surface area contributed by atoms with Crippen LogP contribution in [0.25, 0.3) is 6.08 Å². The monoisotopic (exact) mass is 411 g/mol. The van der Waals surface area contributed by atoms with Crippen LogP contribution in [0.2, 0.25) is 0 Å². The van der Waals surface area contributed by atoms with E-state index in [4.69, 9.17) is 4.74 Å². The Morgan fingerprint density at radius 3 is 2.60 bits per heavy atom. The summed E-state index contributed by atoms with van der Waals surface area (Å²) in [6, 6.07) is 7.56. The number of nitrogens with zero attached hydrogens (tertiary/aromatic N) is 3. The molecule has 2 unspecified atom stereocenters. The van der Waals surface area contributed by atoms with Crippen molar-refractivity contribution in [3.8, 4) is 0 Å². The Labute approximate surface area is 177 Å². The molecule has 3 heterocycles. The molecule has 7 nitrogen and oxygen atoms in total. The van der Waals surface area contributed by atoms with Crippen molar-refractivity contribution in [1.82, 2.24) is 14.7 Å². The number of benzene rings is 1. The van der Waals surface area contributed by atoms with Gasteiger partial charge in [0.1, 0.15) is 0 Å². The van der Waals surface area contributed by atoms with Gasteiger partial charge in [0, 0.05) is 39.3 Å². The van der Waals surface area contributed by atoms with Crippen LogP contribution < -0.4 is 0 Å². The van der Waals surface area contributed by atoms with Gasteiger partial charge in [0.15, 0.2) is 0 Å². The zero-order chi connectivity index (χ0) is 21.1. The molecule has 0 bridgehead atoms. The van der Waals surface area contributed by atoms with Gasteiger partial charge in [0.2, 0.25) is 17.7 Å². The molecule has 1 aromatic rings. The summed E-state index contributed by atoms with van der Waals surface area (Å²) >= 11 is 0. The molecular formula is C23H29N3O4. The van der Waals surface area contributed by atoms with Crippen LogP contribution in [0.15, 0.2) is 30.5 Å². The highest BCUT2D eigenvalue weighted by molar-refractivity contribution is 5.83. The van der Waals surface area contributed by atoms with E-state index in [-0.39, 0.29) is 36.1 Å². The van der Waals surface area contributed by atoms with Crippen molar-refractivity contribution in [3.05, 3.63) is 41.6 Å². The first-order chi connectivity index (χ1) is 14.5. The molecule has 0 aromatic heterocycles. The maximum atomic E-state index is 13.2. The summed E-state index contributed by atoms with van der Waals surface area (Å²) in [6.07, 6.45) is 5.54. The summed E-state index contributed by atoms with van der Waals surface area (Å²) in [6.45, 7) is 5.06. The van der Waals surface area contributed by atoms with Crippen LogP contribution in [0.5, 0.6) is 0 Å². The van der Waals surface area contributed by atoms with Gasteiger partial charge in [-0.3, -0.25) is 14.4 Å². The molecule has 0 radical (unpaired) electrons. The highest BCUT2D eigenvalue weighted by Gasteiger charge is 2.34. The third kappa shape index (κ3) is 4.26. The van der Waals surface area contributed by atoms with Gasteiger partial charge in [0.05, 0.1) is 31.6 Å². The molecule has 4 rings (SSSR count). The maximum Gasteiger partial charge on any atom is 0.227 e. The van der Waals surface area contributed by atoms with Crippen molar-refractivity contribution in [2.45, 2.75) is 32.2 Å². The van der Waals surface area contributed by atoms with E-state index in [9.17, 15) is 14.4 Å². The van der Waals surface area contributed by atoms with Crippen LogP contribution >= 0.6 is 0 Å². The van der Waals surface area contributed by atoms with E-state index < -0.39 is 0 Å². The van der Waals surface area contributed by atoms with E-state index in [1.165, 1.54) is 6.92 Å². The van der Waals surface area contributed by atoms with E-state index in [0.29, 0.717) is 39.4 Å². The Morgan fingerprint density at radius 2 is 1.83 bits per heavy atom. The maximum absolute atomic E-state index is 13.2. The van der Waals surface area contributed by atoms with Gasteiger partial charge in [-0.2, -0.15) is 0 Å². The second-order valence-electron chi connectivity index (χ2n) is 8.21. The average Bonchev–Trinajstić information content (AvgIpc) is 2.79. The molecule has 3 aliphatic heterocycles. The van der Waals surface area contributed by atoms with E-state index in [0.717, 1.165) is 24.0 Å². The van der Waals surface area contributed by atoms with Crippen molar-refractivity contribution < 1.29 is 19.1 Å². The Hall–Kier alpha value is -2.67. The van der Waals surface area contributed by atoms with Crippen LogP contribution in [0.1, 0.15) is 43.4 Å². The van der Waals surface area contributed by atoms with Crippen molar-refractivity contribution in [2.75, 3.05) is 39.4 Å². The minimum absolute atomic E-state index is 0.00386. The third-order valence-corrected chi connectivity index (χ3v) is 6.28. The smallest absolute Gasteiger partial charge is 0.227 e. The van der Waals surface area contributed by atoms with Crippen LogP contribution in [-0.2, 0) is 19.1 Å². The van der Waals surface area contributed by atoms with Crippen molar-refractivity contribution in [1.29, 1.82) is 0 Å². The number of amides is 3. The first-order valence-electron chi connectivity index (χ1n) is 10.7. The SMILES string of the molecule is CC(=O)N1C=Cc2ccccc2C1CC(=O)N1CCCC(C(=O)N2CCOCC2)C1. The molecule has 2 saturated heterocycles. The van der Waals surface area contributed by atoms with Gasteiger partial charge in [-0.05, 0) is 30.0 Å². The lowest BCUT2D eigenvalue weighted by Crippen LogP contribution is -2.50. The van der Waals surface area contributed by atoms with Gasteiger partial charge in [-0.1, -0.05) is 24.3 Å². The molecule has 1 aromatic carbocycles. The molecule has 0 N–H and O–H groups in total. The Morgan fingerprint density at radius 1 is 1.07 bits per heavy atom. The molecule has 2 atom stereocenters. The van der Waals surface area contributed by atoms with Crippen LogP contribution in [0.4, 0.5) is 0 Å². The van der Waals surface area contributed by atoms with E-state index in [1.807, 2.05) is 40.1 Å². The van der Waals surface area contributed by atoms with E-state index in [1.54, 1.807) is 11.1 Å². The van der Waals surface area contributed by atoms with Gasteiger partial charge in [-0.15, -0.1) is 0 Å². The summed E-state index contributed by atoms with van der Waals surface area (Å²) in [7, 11) is 0. The predicted octanol–water partition coefficient (Wildman–Crippen LogP) is 2.05. The average molecular weight is 412 g/mol. The summed E-state index contributed by atoms with van der Waals surface area (Å²) in [5.74, 6) is -0.108. The minimum atomic E-state index is -0.313. The number of hydrogen-bond donors (Lipinski definition) is 0.